The van der Waals surface area contributed by atoms with Crippen LogP contribution in [0.3, 0.4) is 0 Å². The van der Waals surface area contributed by atoms with Crippen molar-refractivity contribution in [3.8, 4) is 0 Å². The minimum Gasteiger partial charge on any atom is -0.359 e. The van der Waals surface area contributed by atoms with Gasteiger partial charge in [0.2, 0.25) is 11.8 Å². The summed E-state index contributed by atoms with van der Waals surface area (Å²) in [4.78, 5) is 48.4. The molecule has 1 aliphatic rings. The molecule has 32 heavy (non-hydrogen) atoms. The first-order chi connectivity index (χ1) is 15.5. The first-order valence-corrected chi connectivity index (χ1v) is 11.5. The van der Waals surface area contributed by atoms with Crippen LogP contribution < -0.4 is 21.1 Å². The van der Waals surface area contributed by atoms with Crippen LogP contribution in [-0.2, 0) is 22.6 Å². The van der Waals surface area contributed by atoms with Crippen LogP contribution in [0.1, 0.15) is 25.3 Å². The highest BCUT2D eigenvalue weighted by Crippen LogP contribution is 2.29. The van der Waals surface area contributed by atoms with Crippen LogP contribution in [0, 0.1) is 5.92 Å². The monoisotopic (exact) mass is 454 g/mol. The summed E-state index contributed by atoms with van der Waals surface area (Å²) in [6.45, 7) is 3.23. The zero-order chi connectivity index (χ0) is 22.7. The van der Waals surface area contributed by atoms with E-state index in [1.165, 1.54) is 22.2 Å². The van der Waals surface area contributed by atoms with Gasteiger partial charge in [0, 0.05) is 25.8 Å². The number of carbonyl (C=O) groups excluding carboxylic acids is 2. The Bertz CT molecular complexity index is 1200. The number of thiazole rings is 1. The van der Waals surface area contributed by atoms with E-state index in [0.717, 1.165) is 37.1 Å². The van der Waals surface area contributed by atoms with Gasteiger partial charge in [-0.25, -0.2) is 4.98 Å². The van der Waals surface area contributed by atoms with Crippen molar-refractivity contribution in [1.82, 2.24) is 19.9 Å². The average molecular weight is 455 g/mol. The fraction of sp³-hybridized carbons (Fsp3) is 0.409. The SMILES string of the molecule is CCc1ccccc1NC(=O)Cn1cnc2nc(N3CCC[C@H](C(=O)NC)C3)sc2c1=O. The smallest absolute Gasteiger partial charge is 0.273 e. The number of fused-ring (bicyclic) bond motifs is 1. The van der Waals surface area contributed by atoms with Gasteiger partial charge in [0.15, 0.2) is 10.8 Å². The van der Waals surface area contributed by atoms with E-state index in [1.54, 1.807) is 7.05 Å². The summed E-state index contributed by atoms with van der Waals surface area (Å²) in [5.74, 6) is -0.365. The molecule has 0 spiro atoms. The van der Waals surface area contributed by atoms with Crippen molar-refractivity contribution in [3.05, 3.63) is 46.5 Å². The zero-order valence-corrected chi connectivity index (χ0v) is 18.9. The van der Waals surface area contributed by atoms with E-state index in [1.807, 2.05) is 36.1 Å². The van der Waals surface area contributed by atoms with E-state index < -0.39 is 0 Å². The molecule has 0 saturated carbocycles. The molecule has 1 aliphatic heterocycles. The van der Waals surface area contributed by atoms with Gasteiger partial charge in [-0.1, -0.05) is 36.5 Å². The summed E-state index contributed by atoms with van der Waals surface area (Å²) < 4.78 is 1.71. The zero-order valence-electron chi connectivity index (χ0n) is 18.1. The molecule has 3 heterocycles. The van der Waals surface area contributed by atoms with Gasteiger partial charge in [0.1, 0.15) is 17.6 Å². The molecule has 2 amide bonds. The predicted octanol–water partition coefficient (Wildman–Crippen LogP) is 2.02. The molecular formula is C22H26N6O3S. The van der Waals surface area contributed by atoms with Crippen LogP contribution in [0.5, 0.6) is 0 Å². The summed E-state index contributed by atoms with van der Waals surface area (Å²) in [7, 11) is 1.64. The van der Waals surface area contributed by atoms with Crippen molar-refractivity contribution in [2.24, 2.45) is 5.92 Å². The summed E-state index contributed by atoms with van der Waals surface area (Å²) in [6.07, 6.45) is 3.88. The number of para-hydroxylation sites is 1. The number of anilines is 2. The highest BCUT2D eigenvalue weighted by Gasteiger charge is 2.27. The number of aryl methyl sites for hydroxylation is 1. The van der Waals surface area contributed by atoms with Crippen molar-refractivity contribution in [2.75, 3.05) is 30.4 Å². The van der Waals surface area contributed by atoms with Gasteiger partial charge in [-0.3, -0.25) is 19.0 Å². The van der Waals surface area contributed by atoms with Crippen molar-refractivity contribution >= 4 is 44.3 Å². The second kappa shape index (κ2) is 9.47. The third-order valence-electron chi connectivity index (χ3n) is 5.67. The number of amides is 2. The molecule has 0 bridgehead atoms. The van der Waals surface area contributed by atoms with Crippen LogP contribution in [0.25, 0.3) is 10.3 Å². The van der Waals surface area contributed by atoms with Gasteiger partial charge in [-0.05, 0) is 30.9 Å². The summed E-state index contributed by atoms with van der Waals surface area (Å²) >= 11 is 1.26. The molecule has 9 nitrogen and oxygen atoms in total. The Labute approximate surface area is 189 Å². The molecule has 2 N–H and O–H groups in total. The Morgan fingerprint density at radius 2 is 2.09 bits per heavy atom. The quantitative estimate of drug-likeness (QED) is 0.590. The molecule has 3 aromatic rings. The molecule has 0 aliphatic carbocycles. The number of hydrogen-bond donors (Lipinski definition) is 2. The first-order valence-electron chi connectivity index (χ1n) is 10.7. The first kappa shape index (κ1) is 21.9. The molecule has 1 atom stereocenters. The number of aromatic nitrogens is 3. The highest BCUT2D eigenvalue weighted by atomic mass is 32.1. The lowest BCUT2D eigenvalue weighted by atomic mass is 9.98. The lowest BCUT2D eigenvalue weighted by Gasteiger charge is -2.31. The number of carbonyl (C=O) groups is 2. The maximum Gasteiger partial charge on any atom is 0.273 e. The molecule has 0 radical (unpaired) electrons. The molecule has 1 aromatic carbocycles. The Morgan fingerprint density at radius 1 is 1.28 bits per heavy atom. The minimum absolute atomic E-state index is 0.0203. The topological polar surface area (TPSA) is 109 Å². The van der Waals surface area contributed by atoms with Gasteiger partial charge in [0.25, 0.3) is 5.56 Å². The van der Waals surface area contributed by atoms with Gasteiger partial charge >= 0.3 is 0 Å². The number of nitrogens with one attached hydrogen (secondary N) is 2. The summed E-state index contributed by atoms with van der Waals surface area (Å²) in [6, 6.07) is 7.60. The maximum atomic E-state index is 13.0. The van der Waals surface area contributed by atoms with Gasteiger partial charge in [-0.15, -0.1) is 0 Å². The predicted molar refractivity (Wildman–Crippen MR) is 125 cm³/mol. The van der Waals surface area contributed by atoms with Crippen molar-refractivity contribution in [1.29, 1.82) is 0 Å². The number of piperidine rings is 1. The molecular weight excluding hydrogens is 428 g/mol. The number of nitrogens with zero attached hydrogens (tertiary/aromatic N) is 4. The molecule has 0 unspecified atom stereocenters. The number of rotatable bonds is 6. The lowest BCUT2D eigenvalue weighted by Crippen LogP contribution is -2.42. The molecule has 1 fully saturated rings. The van der Waals surface area contributed by atoms with Gasteiger partial charge in [-0.2, -0.15) is 4.98 Å². The lowest BCUT2D eigenvalue weighted by molar-refractivity contribution is -0.124. The molecule has 168 valence electrons. The van der Waals surface area contributed by atoms with Crippen molar-refractivity contribution in [3.63, 3.8) is 0 Å². The van der Waals surface area contributed by atoms with Crippen LogP contribution in [0.15, 0.2) is 35.4 Å². The largest absolute Gasteiger partial charge is 0.359 e. The Balaban J connectivity index is 1.52. The highest BCUT2D eigenvalue weighted by molar-refractivity contribution is 7.22. The fourth-order valence-corrected chi connectivity index (χ4v) is 4.95. The Kier molecular flexibility index (Phi) is 6.50. The maximum absolute atomic E-state index is 13.0. The fourth-order valence-electron chi connectivity index (χ4n) is 3.95. The molecule has 2 aromatic heterocycles. The van der Waals surface area contributed by atoms with Crippen LogP contribution in [0.2, 0.25) is 0 Å². The van der Waals surface area contributed by atoms with E-state index in [2.05, 4.69) is 20.6 Å². The van der Waals surface area contributed by atoms with Crippen molar-refractivity contribution in [2.45, 2.75) is 32.7 Å². The molecule has 4 rings (SSSR count). The normalized spacial score (nSPS) is 16.2. The van der Waals surface area contributed by atoms with E-state index in [9.17, 15) is 14.4 Å². The van der Waals surface area contributed by atoms with Crippen molar-refractivity contribution < 1.29 is 9.59 Å². The van der Waals surface area contributed by atoms with E-state index in [-0.39, 0.29) is 29.8 Å². The second-order valence-electron chi connectivity index (χ2n) is 7.79. The summed E-state index contributed by atoms with van der Waals surface area (Å²) in [5, 5.41) is 6.26. The van der Waals surface area contributed by atoms with Gasteiger partial charge < -0.3 is 15.5 Å². The Hall–Kier alpha value is -3.27. The number of benzene rings is 1. The van der Waals surface area contributed by atoms with Crippen LogP contribution in [0.4, 0.5) is 10.8 Å². The second-order valence-corrected chi connectivity index (χ2v) is 8.76. The van der Waals surface area contributed by atoms with E-state index in [4.69, 9.17) is 0 Å². The molecule has 1 saturated heterocycles. The van der Waals surface area contributed by atoms with E-state index >= 15 is 0 Å². The summed E-state index contributed by atoms with van der Waals surface area (Å²) in [5.41, 5.74) is 1.85. The average Bonchev–Trinajstić information content (AvgIpc) is 3.26. The Morgan fingerprint density at radius 3 is 2.88 bits per heavy atom. The van der Waals surface area contributed by atoms with Crippen LogP contribution >= 0.6 is 11.3 Å². The third kappa shape index (κ3) is 4.50. The molecule has 10 heteroatoms. The minimum atomic E-state index is -0.294. The number of hydrogen-bond acceptors (Lipinski definition) is 7. The van der Waals surface area contributed by atoms with E-state index in [0.29, 0.717) is 22.0 Å². The third-order valence-corrected chi connectivity index (χ3v) is 6.76. The van der Waals surface area contributed by atoms with Crippen LogP contribution in [-0.4, -0.2) is 46.5 Å². The standard InChI is InChI=1S/C22H26N6O3S/c1-3-14-7-4-5-9-16(14)25-17(29)12-28-13-24-19-18(21(28)31)32-22(26-19)27-10-6-8-15(11-27)20(30)23-2/h4-5,7,9,13,15H,3,6,8,10-12H2,1-2H3,(H,23,30)(H,25,29)/t15-/m0/s1. The van der Waals surface area contributed by atoms with Gasteiger partial charge in [0.05, 0.1) is 5.92 Å².